The summed E-state index contributed by atoms with van der Waals surface area (Å²) in [4.78, 5) is 35.7. The van der Waals surface area contributed by atoms with Crippen molar-refractivity contribution in [3.8, 4) is 11.1 Å². The van der Waals surface area contributed by atoms with Crippen LogP contribution in [0.2, 0.25) is 0 Å². The van der Waals surface area contributed by atoms with Gasteiger partial charge in [0.15, 0.2) is 0 Å². The Morgan fingerprint density at radius 2 is 1.94 bits per heavy atom. The largest absolute Gasteiger partial charge is 0.349 e. The van der Waals surface area contributed by atoms with E-state index in [-0.39, 0.29) is 29.2 Å². The first-order valence-corrected chi connectivity index (χ1v) is 12.7. The van der Waals surface area contributed by atoms with Crippen molar-refractivity contribution in [2.24, 2.45) is 5.92 Å². The fourth-order valence-corrected chi connectivity index (χ4v) is 5.46. The van der Waals surface area contributed by atoms with Gasteiger partial charge < -0.3 is 10.2 Å². The van der Waals surface area contributed by atoms with E-state index in [1.54, 1.807) is 12.1 Å². The Labute approximate surface area is 206 Å². The summed E-state index contributed by atoms with van der Waals surface area (Å²) in [6.07, 6.45) is 1.58. The number of aryl methyl sites for hydroxylation is 1. The predicted molar refractivity (Wildman–Crippen MR) is 138 cm³/mol. The van der Waals surface area contributed by atoms with Crippen LogP contribution in [-0.4, -0.2) is 29.0 Å². The molecule has 1 aliphatic heterocycles. The zero-order valence-electron chi connectivity index (χ0n) is 19.7. The molecule has 1 saturated heterocycles. The molecule has 8 heteroatoms. The summed E-state index contributed by atoms with van der Waals surface area (Å²) < 4.78 is 13.8. The third kappa shape index (κ3) is 4.84. The molecule has 0 radical (unpaired) electrons. The normalized spacial score (nSPS) is 16.9. The molecule has 0 aliphatic carbocycles. The van der Waals surface area contributed by atoms with Crippen molar-refractivity contribution in [3.63, 3.8) is 0 Å². The molecule has 0 spiro atoms. The highest BCUT2D eigenvalue weighted by atomic mass is 32.1. The molecule has 1 aliphatic rings. The maximum absolute atomic E-state index is 13.2. The summed E-state index contributed by atoms with van der Waals surface area (Å²) in [5.74, 6) is -0.0827. The summed E-state index contributed by atoms with van der Waals surface area (Å²) >= 11 is 1.39. The van der Waals surface area contributed by atoms with E-state index in [1.807, 2.05) is 48.4 Å². The fourth-order valence-electron chi connectivity index (χ4n) is 4.55. The SMILES string of the molecule is Cc1ccc(-c2csc3c(=O)[nH]c(N4CCC[C@@H](C(=O)N[C@@H](C)c5ccc(F)cc5)C4)nc23)cc1. The number of benzene rings is 2. The second-order valence-corrected chi connectivity index (χ2v) is 10.0. The maximum Gasteiger partial charge on any atom is 0.270 e. The van der Waals surface area contributed by atoms with Crippen molar-refractivity contribution >= 4 is 33.4 Å². The summed E-state index contributed by atoms with van der Waals surface area (Å²) in [5, 5.41) is 5.03. The number of piperidine rings is 1. The van der Waals surface area contributed by atoms with E-state index >= 15 is 0 Å². The maximum atomic E-state index is 13.2. The Bertz CT molecular complexity index is 1410. The first-order chi connectivity index (χ1) is 16.9. The first-order valence-electron chi connectivity index (χ1n) is 11.8. The summed E-state index contributed by atoms with van der Waals surface area (Å²) in [5.41, 5.74) is 4.52. The molecule has 180 valence electrons. The average molecular weight is 491 g/mol. The van der Waals surface area contributed by atoms with Crippen LogP contribution in [0.25, 0.3) is 21.3 Å². The molecule has 0 unspecified atom stereocenters. The highest BCUT2D eigenvalue weighted by Gasteiger charge is 2.28. The number of halogens is 1. The number of amides is 1. The van der Waals surface area contributed by atoms with Gasteiger partial charge in [-0.25, -0.2) is 9.37 Å². The van der Waals surface area contributed by atoms with Crippen molar-refractivity contribution in [2.45, 2.75) is 32.7 Å². The zero-order valence-corrected chi connectivity index (χ0v) is 20.5. The standard InChI is InChI=1S/C27H27FN4O2S/c1-16-5-7-19(8-6-16)22-15-35-24-23(22)30-27(31-26(24)34)32-13-3-4-20(14-32)25(33)29-17(2)18-9-11-21(28)12-10-18/h5-12,15,17,20H,3-4,13-14H2,1-2H3,(H,29,33)(H,30,31,34)/t17-,20+/m0/s1. The zero-order chi connectivity index (χ0) is 24.5. The van der Waals surface area contributed by atoms with Crippen molar-refractivity contribution in [1.29, 1.82) is 0 Å². The van der Waals surface area contributed by atoms with E-state index in [4.69, 9.17) is 4.98 Å². The number of nitrogens with one attached hydrogen (secondary N) is 2. The van der Waals surface area contributed by atoms with Gasteiger partial charge in [-0.05, 0) is 49.9 Å². The third-order valence-electron chi connectivity index (χ3n) is 6.60. The quantitative estimate of drug-likeness (QED) is 0.403. The monoisotopic (exact) mass is 490 g/mol. The highest BCUT2D eigenvalue weighted by molar-refractivity contribution is 7.17. The van der Waals surface area contributed by atoms with Gasteiger partial charge in [-0.3, -0.25) is 14.6 Å². The number of anilines is 1. The minimum atomic E-state index is -0.301. The molecule has 1 fully saturated rings. The van der Waals surface area contributed by atoms with Gasteiger partial charge >= 0.3 is 0 Å². The molecule has 5 rings (SSSR count). The Morgan fingerprint density at radius 1 is 1.20 bits per heavy atom. The number of carbonyl (C=O) groups excluding carboxylic acids is 1. The smallest absolute Gasteiger partial charge is 0.270 e. The number of nitrogens with zero attached hydrogens (tertiary/aromatic N) is 2. The number of H-pyrrole nitrogens is 1. The van der Waals surface area contributed by atoms with E-state index in [1.165, 1.54) is 29.0 Å². The molecule has 4 aromatic rings. The Morgan fingerprint density at radius 3 is 2.69 bits per heavy atom. The molecule has 0 saturated carbocycles. The van der Waals surface area contributed by atoms with E-state index in [0.717, 1.165) is 36.1 Å². The van der Waals surface area contributed by atoms with Crippen LogP contribution < -0.4 is 15.8 Å². The number of hydrogen-bond donors (Lipinski definition) is 2. The van der Waals surface area contributed by atoms with Crippen LogP contribution in [0.15, 0.2) is 58.7 Å². The Hall–Kier alpha value is -3.52. The van der Waals surface area contributed by atoms with Gasteiger partial charge in [0.05, 0.1) is 17.5 Å². The van der Waals surface area contributed by atoms with Crippen molar-refractivity contribution in [2.75, 3.05) is 18.0 Å². The summed E-state index contributed by atoms with van der Waals surface area (Å²) in [7, 11) is 0. The third-order valence-corrected chi connectivity index (χ3v) is 7.57. The minimum absolute atomic E-state index is 0.0502. The number of fused-ring (bicyclic) bond motifs is 1. The van der Waals surface area contributed by atoms with E-state index < -0.39 is 0 Å². The van der Waals surface area contributed by atoms with Crippen LogP contribution in [0.1, 0.15) is 36.9 Å². The molecule has 35 heavy (non-hydrogen) atoms. The molecule has 6 nitrogen and oxygen atoms in total. The molecule has 0 bridgehead atoms. The predicted octanol–water partition coefficient (Wildman–Crippen LogP) is 5.19. The topological polar surface area (TPSA) is 78.1 Å². The van der Waals surface area contributed by atoms with E-state index in [9.17, 15) is 14.0 Å². The molecule has 2 aromatic carbocycles. The van der Waals surface area contributed by atoms with Gasteiger partial charge in [0.2, 0.25) is 11.9 Å². The summed E-state index contributed by atoms with van der Waals surface area (Å²) in [6.45, 7) is 5.12. The highest BCUT2D eigenvalue weighted by Crippen LogP contribution is 2.32. The van der Waals surface area contributed by atoms with Crippen LogP contribution in [0, 0.1) is 18.7 Å². The molecular formula is C27H27FN4O2S. The van der Waals surface area contributed by atoms with Crippen molar-refractivity contribution < 1.29 is 9.18 Å². The Balaban J connectivity index is 1.36. The first kappa shape index (κ1) is 23.2. The Kier molecular flexibility index (Phi) is 6.38. The second kappa shape index (κ2) is 9.62. The second-order valence-electron chi connectivity index (χ2n) is 9.15. The minimum Gasteiger partial charge on any atom is -0.349 e. The number of thiophene rings is 1. The van der Waals surface area contributed by atoms with Crippen molar-refractivity contribution in [1.82, 2.24) is 15.3 Å². The molecule has 2 N–H and O–H groups in total. The number of aromatic amines is 1. The lowest BCUT2D eigenvalue weighted by Gasteiger charge is -2.33. The van der Waals surface area contributed by atoms with Gasteiger partial charge in [0.1, 0.15) is 10.5 Å². The lowest BCUT2D eigenvalue weighted by molar-refractivity contribution is -0.125. The van der Waals surface area contributed by atoms with Crippen LogP contribution in [0.4, 0.5) is 10.3 Å². The average Bonchev–Trinajstić information content (AvgIpc) is 3.29. The number of rotatable bonds is 5. The lowest BCUT2D eigenvalue weighted by atomic mass is 9.96. The molecule has 2 atom stereocenters. The van der Waals surface area contributed by atoms with Gasteiger partial charge in [0.25, 0.3) is 5.56 Å². The van der Waals surface area contributed by atoms with Crippen LogP contribution in [0.5, 0.6) is 0 Å². The number of hydrogen-bond acceptors (Lipinski definition) is 5. The van der Waals surface area contributed by atoms with Crippen LogP contribution in [-0.2, 0) is 4.79 Å². The van der Waals surface area contributed by atoms with E-state index in [2.05, 4.69) is 10.3 Å². The van der Waals surface area contributed by atoms with Gasteiger partial charge in [-0.1, -0.05) is 42.0 Å². The molecule has 2 aromatic heterocycles. The summed E-state index contributed by atoms with van der Waals surface area (Å²) in [6, 6.07) is 14.1. The lowest BCUT2D eigenvalue weighted by Crippen LogP contribution is -2.44. The van der Waals surface area contributed by atoms with Crippen molar-refractivity contribution in [3.05, 3.63) is 81.2 Å². The van der Waals surface area contributed by atoms with Gasteiger partial charge in [-0.15, -0.1) is 11.3 Å². The fraction of sp³-hybridized carbons (Fsp3) is 0.296. The van der Waals surface area contributed by atoms with Gasteiger partial charge in [0, 0.05) is 24.0 Å². The number of aromatic nitrogens is 2. The van der Waals surface area contributed by atoms with Crippen LogP contribution >= 0.6 is 11.3 Å². The molecular weight excluding hydrogens is 463 g/mol. The van der Waals surface area contributed by atoms with E-state index in [0.29, 0.717) is 22.7 Å². The number of carbonyl (C=O) groups is 1. The van der Waals surface area contributed by atoms with Gasteiger partial charge in [-0.2, -0.15) is 0 Å². The molecule has 1 amide bonds. The van der Waals surface area contributed by atoms with Crippen LogP contribution in [0.3, 0.4) is 0 Å². The molecule has 3 heterocycles.